The molecule has 4 atom stereocenters. The fourth-order valence-electron chi connectivity index (χ4n) is 2.37. The van der Waals surface area contributed by atoms with Gasteiger partial charge < -0.3 is 15.6 Å². The van der Waals surface area contributed by atoms with Crippen molar-refractivity contribution in [1.29, 1.82) is 0 Å². The molecule has 0 radical (unpaired) electrons. The van der Waals surface area contributed by atoms with Crippen LogP contribution in [0.4, 0.5) is 0 Å². The van der Waals surface area contributed by atoms with E-state index >= 15 is 0 Å². The van der Waals surface area contributed by atoms with E-state index in [0.29, 0.717) is 5.92 Å². The summed E-state index contributed by atoms with van der Waals surface area (Å²) >= 11 is 0. The molecule has 0 amide bonds. The second-order valence-electron chi connectivity index (χ2n) is 4.33. The second-order valence-corrected chi connectivity index (χ2v) is 4.33. The van der Waals surface area contributed by atoms with E-state index in [2.05, 4.69) is 6.92 Å². The maximum Gasteiger partial charge on any atom is 0.0954 e. The van der Waals surface area contributed by atoms with Crippen molar-refractivity contribution in [2.45, 2.75) is 57.3 Å². The molecule has 0 aliphatic heterocycles. The van der Waals surface area contributed by atoms with Crippen molar-refractivity contribution in [1.82, 2.24) is 0 Å². The van der Waals surface area contributed by atoms with E-state index in [-0.39, 0.29) is 12.1 Å². The van der Waals surface area contributed by atoms with Gasteiger partial charge in [0.15, 0.2) is 0 Å². The van der Waals surface area contributed by atoms with E-state index in [1.54, 1.807) is 7.11 Å². The van der Waals surface area contributed by atoms with Crippen LogP contribution in [-0.2, 0) is 4.74 Å². The molecule has 3 heteroatoms. The molecule has 0 aromatic heterocycles. The Kier molecular flexibility index (Phi) is 4.85. The van der Waals surface area contributed by atoms with Crippen molar-refractivity contribution in [3.8, 4) is 0 Å². The van der Waals surface area contributed by atoms with Crippen molar-refractivity contribution in [2.24, 2.45) is 11.7 Å². The smallest absolute Gasteiger partial charge is 0.0954 e. The van der Waals surface area contributed by atoms with Gasteiger partial charge in [-0.05, 0) is 25.2 Å². The molecule has 3 N–H and O–H groups in total. The van der Waals surface area contributed by atoms with E-state index in [4.69, 9.17) is 10.5 Å². The first-order valence-electron chi connectivity index (χ1n) is 5.67. The van der Waals surface area contributed by atoms with Crippen LogP contribution in [0.1, 0.15) is 39.0 Å². The Hall–Kier alpha value is -0.120. The lowest BCUT2D eigenvalue weighted by Crippen LogP contribution is -2.51. The van der Waals surface area contributed by atoms with Crippen LogP contribution in [-0.4, -0.2) is 30.5 Å². The molecule has 0 heterocycles. The van der Waals surface area contributed by atoms with Crippen LogP contribution in [0.5, 0.6) is 0 Å². The second kappa shape index (κ2) is 5.69. The topological polar surface area (TPSA) is 55.5 Å². The van der Waals surface area contributed by atoms with Gasteiger partial charge in [-0.1, -0.05) is 19.8 Å². The van der Waals surface area contributed by atoms with E-state index < -0.39 is 6.10 Å². The fraction of sp³-hybridized carbons (Fsp3) is 1.00. The predicted molar refractivity (Wildman–Crippen MR) is 57.0 cm³/mol. The van der Waals surface area contributed by atoms with Gasteiger partial charge in [-0.15, -0.1) is 0 Å². The van der Waals surface area contributed by atoms with E-state index in [0.717, 1.165) is 19.3 Å². The summed E-state index contributed by atoms with van der Waals surface area (Å²) in [6.07, 6.45) is 5.06. The first kappa shape index (κ1) is 12.0. The Morgan fingerprint density at radius 3 is 2.71 bits per heavy atom. The Morgan fingerprint density at radius 1 is 1.43 bits per heavy atom. The molecule has 0 bridgehead atoms. The van der Waals surface area contributed by atoms with Crippen molar-refractivity contribution >= 4 is 0 Å². The maximum atomic E-state index is 9.86. The van der Waals surface area contributed by atoms with Crippen LogP contribution in [0.2, 0.25) is 0 Å². The van der Waals surface area contributed by atoms with E-state index in [9.17, 15) is 5.11 Å². The largest absolute Gasteiger partial charge is 0.389 e. The van der Waals surface area contributed by atoms with Gasteiger partial charge in [0.2, 0.25) is 0 Å². The number of methoxy groups -OCH3 is 1. The lowest BCUT2D eigenvalue weighted by molar-refractivity contribution is -0.0802. The molecule has 0 spiro atoms. The monoisotopic (exact) mass is 201 g/mol. The SMILES string of the molecule is CCCCC1CC[C@@H](N)[C@H](O)[C@H]1OC. The molecular formula is C11H23NO2. The normalized spacial score (nSPS) is 38.6. The molecule has 1 aliphatic carbocycles. The highest BCUT2D eigenvalue weighted by atomic mass is 16.5. The van der Waals surface area contributed by atoms with Gasteiger partial charge in [0.1, 0.15) is 0 Å². The van der Waals surface area contributed by atoms with E-state index in [1.165, 1.54) is 12.8 Å². The summed E-state index contributed by atoms with van der Waals surface area (Å²) in [5.74, 6) is 0.495. The third-order valence-corrected chi connectivity index (χ3v) is 3.31. The Bertz CT molecular complexity index is 161. The Labute approximate surface area is 86.6 Å². The highest BCUT2D eigenvalue weighted by Crippen LogP contribution is 2.30. The molecule has 0 saturated heterocycles. The first-order valence-corrected chi connectivity index (χ1v) is 5.67. The van der Waals surface area contributed by atoms with Crippen molar-refractivity contribution < 1.29 is 9.84 Å². The Morgan fingerprint density at radius 2 is 2.14 bits per heavy atom. The van der Waals surface area contributed by atoms with Gasteiger partial charge in [-0.2, -0.15) is 0 Å². The van der Waals surface area contributed by atoms with Crippen molar-refractivity contribution in [2.75, 3.05) is 7.11 Å². The van der Waals surface area contributed by atoms with Crippen LogP contribution >= 0.6 is 0 Å². The number of hydrogen-bond donors (Lipinski definition) is 2. The number of aliphatic hydroxyl groups is 1. The molecule has 1 rings (SSSR count). The predicted octanol–water partition coefficient (Wildman–Crippen LogP) is 1.29. The minimum atomic E-state index is -0.476. The highest BCUT2D eigenvalue weighted by molar-refractivity contribution is 4.90. The average Bonchev–Trinajstić information content (AvgIpc) is 2.20. The van der Waals surface area contributed by atoms with Crippen LogP contribution in [0.3, 0.4) is 0 Å². The summed E-state index contributed by atoms with van der Waals surface area (Å²) in [4.78, 5) is 0. The molecule has 1 aliphatic rings. The van der Waals surface area contributed by atoms with Crippen LogP contribution in [0, 0.1) is 5.92 Å². The number of unbranched alkanes of at least 4 members (excludes halogenated alkanes) is 1. The van der Waals surface area contributed by atoms with Gasteiger partial charge in [0.25, 0.3) is 0 Å². The third-order valence-electron chi connectivity index (χ3n) is 3.31. The maximum absolute atomic E-state index is 9.86. The first-order chi connectivity index (χ1) is 6.70. The third kappa shape index (κ3) is 2.69. The highest BCUT2D eigenvalue weighted by Gasteiger charge is 2.36. The summed E-state index contributed by atoms with van der Waals surface area (Å²) in [6.45, 7) is 2.19. The summed E-state index contributed by atoms with van der Waals surface area (Å²) in [5.41, 5.74) is 5.81. The zero-order valence-corrected chi connectivity index (χ0v) is 9.28. The molecule has 1 saturated carbocycles. The minimum Gasteiger partial charge on any atom is -0.389 e. The van der Waals surface area contributed by atoms with Crippen molar-refractivity contribution in [3.05, 3.63) is 0 Å². The minimum absolute atomic E-state index is 0.0506. The molecule has 1 fully saturated rings. The van der Waals surface area contributed by atoms with Gasteiger partial charge in [-0.3, -0.25) is 0 Å². The zero-order chi connectivity index (χ0) is 10.6. The molecule has 0 aromatic rings. The van der Waals surface area contributed by atoms with Crippen LogP contribution in [0.15, 0.2) is 0 Å². The van der Waals surface area contributed by atoms with Gasteiger partial charge in [0, 0.05) is 13.2 Å². The summed E-state index contributed by atoms with van der Waals surface area (Å²) in [7, 11) is 1.67. The number of rotatable bonds is 4. The fourth-order valence-corrected chi connectivity index (χ4v) is 2.37. The quantitative estimate of drug-likeness (QED) is 0.720. The van der Waals surface area contributed by atoms with Crippen LogP contribution in [0.25, 0.3) is 0 Å². The van der Waals surface area contributed by atoms with Gasteiger partial charge in [-0.25, -0.2) is 0 Å². The summed E-state index contributed by atoms with van der Waals surface area (Å²) in [5, 5.41) is 9.86. The average molecular weight is 201 g/mol. The Balaban J connectivity index is 2.48. The number of ether oxygens (including phenoxy) is 1. The summed E-state index contributed by atoms with van der Waals surface area (Å²) in [6, 6.07) is -0.0992. The lowest BCUT2D eigenvalue weighted by Gasteiger charge is -2.38. The van der Waals surface area contributed by atoms with Crippen LogP contribution < -0.4 is 5.73 Å². The van der Waals surface area contributed by atoms with E-state index in [1.807, 2.05) is 0 Å². The number of hydrogen-bond acceptors (Lipinski definition) is 3. The molecule has 0 aromatic carbocycles. The van der Waals surface area contributed by atoms with Gasteiger partial charge >= 0.3 is 0 Å². The molecular weight excluding hydrogens is 178 g/mol. The lowest BCUT2D eigenvalue weighted by atomic mass is 9.79. The zero-order valence-electron chi connectivity index (χ0n) is 9.28. The van der Waals surface area contributed by atoms with Crippen molar-refractivity contribution in [3.63, 3.8) is 0 Å². The van der Waals surface area contributed by atoms with Gasteiger partial charge in [0.05, 0.1) is 12.2 Å². The molecule has 3 nitrogen and oxygen atoms in total. The molecule has 1 unspecified atom stereocenters. The molecule has 84 valence electrons. The number of aliphatic hydroxyl groups excluding tert-OH is 1. The molecule has 14 heavy (non-hydrogen) atoms. The summed E-state index contributed by atoms with van der Waals surface area (Å²) < 4.78 is 5.35. The standard InChI is InChI=1S/C11H23NO2/c1-3-4-5-8-6-7-9(12)10(13)11(8)14-2/h8-11,13H,3-7,12H2,1-2H3/t8?,9-,10+,11+/m1/s1. The number of nitrogens with two attached hydrogens (primary N) is 1.